The van der Waals surface area contributed by atoms with Crippen LogP contribution >= 0.6 is 11.6 Å². The van der Waals surface area contributed by atoms with E-state index in [-0.39, 0.29) is 18.2 Å². The van der Waals surface area contributed by atoms with Crippen LogP contribution in [0.3, 0.4) is 0 Å². The number of rotatable bonds is 5. The molecule has 2 aromatic carbocycles. The van der Waals surface area contributed by atoms with Crippen LogP contribution < -0.4 is 5.32 Å². The number of amides is 1. The zero-order chi connectivity index (χ0) is 19.4. The number of benzene rings is 2. The summed E-state index contributed by atoms with van der Waals surface area (Å²) in [5.74, 6) is -1.32. The molecule has 144 valence electrons. The Morgan fingerprint density at radius 3 is 2.59 bits per heavy atom. The molecule has 0 spiro atoms. The van der Waals surface area contributed by atoms with Gasteiger partial charge in [-0.3, -0.25) is 4.79 Å². The van der Waals surface area contributed by atoms with Gasteiger partial charge in [0.1, 0.15) is 5.82 Å². The van der Waals surface area contributed by atoms with E-state index in [0.29, 0.717) is 35.7 Å². The van der Waals surface area contributed by atoms with Gasteiger partial charge < -0.3 is 5.32 Å². The Hall–Kier alpha value is -1.96. The highest BCUT2D eigenvalue weighted by atomic mass is 35.5. The fraction of sp³-hybridized carbons (Fsp3) is 0.316. The van der Waals surface area contributed by atoms with Crippen molar-refractivity contribution in [2.45, 2.75) is 18.6 Å². The number of nitrogens with zero attached hydrogens (tertiary/aromatic N) is 1. The molecule has 1 fully saturated rings. The fourth-order valence-electron chi connectivity index (χ4n) is 3.09. The molecule has 1 N–H and O–H groups in total. The van der Waals surface area contributed by atoms with Crippen molar-refractivity contribution in [2.24, 2.45) is 5.92 Å². The summed E-state index contributed by atoms with van der Waals surface area (Å²) >= 11 is 6.06. The van der Waals surface area contributed by atoms with Gasteiger partial charge in [-0.1, -0.05) is 35.9 Å². The van der Waals surface area contributed by atoms with E-state index < -0.39 is 21.8 Å². The monoisotopic (exact) mass is 410 g/mol. The van der Waals surface area contributed by atoms with Crippen LogP contribution in [0.15, 0.2) is 48.5 Å². The topological polar surface area (TPSA) is 66.5 Å². The molecule has 0 bridgehead atoms. The first kappa shape index (κ1) is 19.8. The summed E-state index contributed by atoms with van der Waals surface area (Å²) in [5, 5.41) is 3.21. The third kappa shape index (κ3) is 5.06. The smallest absolute Gasteiger partial charge is 0.228 e. The zero-order valence-electron chi connectivity index (χ0n) is 14.6. The molecule has 1 atom stereocenters. The first-order valence-electron chi connectivity index (χ1n) is 8.63. The van der Waals surface area contributed by atoms with Crippen LogP contribution in [0.1, 0.15) is 18.4 Å². The minimum absolute atomic E-state index is 0.125. The summed E-state index contributed by atoms with van der Waals surface area (Å²) < 4.78 is 39.8. The molecule has 8 heteroatoms. The van der Waals surface area contributed by atoms with Gasteiger partial charge in [-0.25, -0.2) is 17.1 Å². The van der Waals surface area contributed by atoms with Crippen molar-refractivity contribution in [3.63, 3.8) is 0 Å². The number of hydrogen-bond donors (Lipinski definition) is 1. The summed E-state index contributed by atoms with van der Waals surface area (Å²) in [6.07, 6.45) is 1.21. The molecule has 0 saturated carbocycles. The fourth-order valence-corrected chi connectivity index (χ4v) is 4.88. The largest absolute Gasteiger partial charge is 0.324 e. The second kappa shape index (κ2) is 8.37. The summed E-state index contributed by atoms with van der Waals surface area (Å²) in [7, 11) is -3.59. The number of sulfonamides is 1. The number of piperidine rings is 1. The molecule has 0 unspecified atom stereocenters. The standard InChI is InChI=1S/C19H20ClFN2O3S/c20-17-5-1-2-6-18(17)22-19(24)15-4-3-11-23(12-15)27(25,26)13-14-7-9-16(21)10-8-14/h1-2,5-10,15H,3-4,11-13H2,(H,22,24)/t15-/m0/s1. The van der Waals surface area contributed by atoms with Gasteiger partial charge in [0, 0.05) is 13.1 Å². The summed E-state index contributed by atoms with van der Waals surface area (Å²) in [6.45, 7) is 0.499. The van der Waals surface area contributed by atoms with Crippen LogP contribution in [0, 0.1) is 11.7 Å². The second-order valence-electron chi connectivity index (χ2n) is 6.55. The summed E-state index contributed by atoms with van der Waals surface area (Å²) in [5.41, 5.74) is 1.02. The van der Waals surface area contributed by atoms with Gasteiger partial charge >= 0.3 is 0 Å². The van der Waals surface area contributed by atoms with Crippen LogP contribution in [0.5, 0.6) is 0 Å². The van der Waals surface area contributed by atoms with Crippen molar-refractivity contribution in [1.82, 2.24) is 4.31 Å². The summed E-state index contributed by atoms with van der Waals surface area (Å²) in [4.78, 5) is 12.6. The highest BCUT2D eigenvalue weighted by Crippen LogP contribution is 2.25. The molecule has 1 heterocycles. The zero-order valence-corrected chi connectivity index (χ0v) is 16.1. The highest BCUT2D eigenvalue weighted by molar-refractivity contribution is 7.88. The molecule has 1 aliphatic rings. The van der Waals surface area contributed by atoms with Gasteiger partial charge in [0.25, 0.3) is 0 Å². The van der Waals surface area contributed by atoms with Gasteiger partial charge in [0.05, 0.1) is 22.4 Å². The van der Waals surface area contributed by atoms with E-state index in [1.807, 2.05) is 0 Å². The number of anilines is 1. The Balaban J connectivity index is 1.66. The molecular weight excluding hydrogens is 391 g/mol. The minimum atomic E-state index is -3.59. The minimum Gasteiger partial charge on any atom is -0.324 e. The maximum atomic E-state index is 13.0. The van der Waals surface area contributed by atoms with Crippen molar-refractivity contribution < 1.29 is 17.6 Å². The first-order chi connectivity index (χ1) is 12.8. The molecule has 5 nitrogen and oxygen atoms in total. The first-order valence-corrected chi connectivity index (χ1v) is 10.6. The highest BCUT2D eigenvalue weighted by Gasteiger charge is 2.32. The van der Waals surface area contributed by atoms with Gasteiger partial charge in [0.15, 0.2) is 0 Å². The van der Waals surface area contributed by atoms with Crippen molar-refractivity contribution >= 4 is 33.2 Å². The van der Waals surface area contributed by atoms with Gasteiger partial charge in [-0.2, -0.15) is 0 Å². The van der Waals surface area contributed by atoms with E-state index in [1.54, 1.807) is 24.3 Å². The van der Waals surface area contributed by atoms with Crippen molar-refractivity contribution in [3.05, 3.63) is 64.9 Å². The van der Waals surface area contributed by atoms with Crippen molar-refractivity contribution in [2.75, 3.05) is 18.4 Å². The lowest BCUT2D eigenvalue weighted by Crippen LogP contribution is -2.44. The Morgan fingerprint density at radius 2 is 1.89 bits per heavy atom. The molecule has 3 rings (SSSR count). The van der Waals surface area contributed by atoms with E-state index in [2.05, 4.69) is 5.32 Å². The third-order valence-electron chi connectivity index (χ3n) is 4.54. The van der Waals surface area contributed by atoms with E-state index in [9.17, 15) is 17.6 Å². The predicted octanol–water partition coefficient (Wildman–Crippen LogP) is 3.66. The van der Waals surface area contributed by atoms with Gasteiger partial charge in [-0.15, -0.1) is 0 Å². The van der Waals surface area contributed by atoms with E-state index >= 15 is 0 Å². The second-order valence-corrected chi connectivity index (χ2v) is 8.93. The Bertz CT molecular complexity index is 919. The predicted molar refractivity (Wildman–Crippen MR) is 103 cm³/mol. The van der Waals surface area contributed by atoms with E-state index in [0.717, 1.165) is 0 Å². The average Bonchev–Trinajstić information content (AvgIpc) is 2.65. The molecule has 0 radical (unpaired) electrons. The SMILES string of the molecule is O=C(Nc1ccccc1Cl)[C@H]1CCCN(S(=O)(=O)Cc2ccc(F)cc2)C1. The molecule has 0 aliphatic carbocycles. The Kier molecular flexibility index (Phi) is 6.14. The Morgan fingerprint density at radius 1 is 1.19 bits per heavy atom. The quantitative estimate of drug-likeness (QED) is 0.818. The van der Waals surface area contributed by atoms with E-state index in [1.165, 1.54) is 28.6 Å². The molecule has 27 heavy (non-hydrogen) atoms. The van der Waals surface area contributed by atoms with E-state index in [4.69, 9.17) is 11.6 Å². The van der Waals surface area contributed by atoms with Crippen LogP contribution in [0.4, 0.5) is 10.1 Å². The van der Waals surface area contributed by atoms with Gasteiger partial charge in [-0.05, 0) is 42.7 Å². The molecule has 2 aromatic rings. The third-order valence-corrected chi connectivity index (χ3v) is 6.69. The number of nitrogens with one attached hydrogen (secondary N) is 1. The maximum Gasteiger partial charge on any atom is 0.228 e. The van der Waals surface area contributed by atoms with Crippen molar-refractivity contribution in [3.8, 4) is 0 Å². The number of carbonyl (C=O) groups is 1. The molecule has 1 aliphatic heterocycles. The molecule has 0 aromatic heterocycles. The number of halogens is 2. The van der Waals surface area contributed by atoms with Crippen LogP contribution in [0.2, 0.25) is 5.02 Å². The van der Waals surface area contributed by atoms with Crippen LogP contribution in [-0.4, -0.2) is 31.7 Å². The lowest BCUT2D eigenvalue weighted by Gasteiger charge is -2.31. The number of carbonyl (C=O) groups excluding carboxylic acids is 1. The summed E-state index contributed by atoms with van der Waals surface area (Å²) in [6, 6.07) is 12.3. The number of hydrogen-bond acceptors (Lipinski definition) is 3. The lowest BCUT2D eigenvalue weighted by atomic mass is 9.99. The Labute approximate surface area is 163 Å². The molecule has 1 amide bonds. The van der Waals surface area contributed by atoms with Crippen LogP contribution in [0.25, 0.3) is 0 Å². The van der Waals surface area contributed by atoms with Gasteiger partial charge in [0.2, 0.25) is 15.9 Å². The number of para-hydroxylation sites is 1. The average molecular weight is 411 g/mol. The van der Waals surface area contributed by atoms with Crippen molar-refractivity contribution in [1.29, 1.82) is 0 Å². The normalized spacial score (nSPS) is 18.2. The van der Waals surface area contributed by atoms with Crippen LogP contribution in [-0.2, 0) is 20.6 Å². The molecular formula is C19H20ClFN2O3S. The molecule has 1 saturated heterocycles. The lowest BCUT2D eigenvalue weighted by molar-refractivity contribution is -0.120. The maximum absolute atomic E-state index is 13.0.